The summed E-state index contributed by atoms with van der Waals surface area (Å²) in [6.45, 7) is -0.184. The van der Waals surface area contributed by atoms with E-state index in [4.69, 9.17) is 17.0 Å². The quantitative estimate of drug-likeness (QED) is 0.268. The van der Waals surface area contributed by atoms with Crippen LogP contribution in [0.4, 0.5) is 21.9 Å². The van der Waals surface area contributed by atoms with E-state index in [0.29, 0.717) is 22.7 Å². The number of hydrazone groups is 1. The Morgan fingerprint density at radius 3 is 2.55 bits per heavy atom. The van der Waals surface area contributed by atoms with Gasteiger partial charge in [0.2, 0.25) is 0 Å². The summed E-state index contributed by atoms with van der Waals surface area (Å²) in [6, 6.07) is 19.9. The highest BCUT2D eigenvalue weighted by Gasteiger charge is 2.29. The topological polar surface area (TPSA) is 115 Å². The first-order valence-corrected chi connectivity index (χ1v) is 10.3. The third-order valence-corrected chi connectivity index (χ3v) is 4.84. The molecule has 4 rings (SSSR count). The SMILES string of the molecule is O=C(N/N=C\c1ccc(O)cc1)Nc1ccc2c(c1)OCC(=O)N2C(=S)Nc1ccccc1. The van der Waals surface area contributed by atoms with Crippen LogP contribution in [0, 0.1) is 0 Å². The van der Waals surface area contributed by atoms with E-state index in [-0.39, 0.29) is 23.4 Å². The standard InChI is InChI=1S/C23H19N5O4S/c29-18-9-6-15(7-10-18)13-24-27-22(31)25-17-8-11-19-20(12-17)32-14-21(30)28(19)23(33)26-16-4-2-1-3-5-16/h1-13,29H,14H2,(H,26,33)(H2,25,27,31)/b24-13-. The highest BCUT2D eigenvalue weighted by molar-refractivity contribution is 7.80. The summed E-state index contributed by atoms with van der Waals surface area (Å²) >= 11 is 5.44. The second-order valence-corrected chi connectivity index (χ2v) is 7.30. The molecule has 33 heavy (non-hydrogen) atoms. The van der Waals surface area contributed by atoms with Crippen LogP contribution in [0.15, 0.2) is 77.9 Å². The van der Waals surface area contributed by atoms with E-state index in [1.54, 1.807) is 30.3 Å². The first kappa shape index (κ1) is 21.8. The van der Waals surface area contributed by atoms with Gasteiger partial charge in [0.05, 0.1) is 11.9 Å². The molecule has 3 aromatic rings. The zero-order valence-corrected chi connectivity index (χ0v) is 18.0. The number of nitrogens with zero attached hydrogens (tertiary/aromatic N) is 2. The van der Waals surface area contributed by atoms with Crippen molar-refractivity contribution >= 4 is 52.5 Å². The van der Waals surface area contributed by atoms with Gasteiger partial charge in [-0.1, -0.05) is 18.2 Å². The van der Waals surface area contributed by atoms with Crippen molar-refractivity contribution in [2.24, 2.45) is 5.10 Å². The molecule has 0 bridgehead atoms. The second kappa shape index (κ2) is 9.79. The molecule has 0 saturated carbocycles. The lowest BCUT2D eigenvalue weighted by molar-refractivity contribution is -0.120. The number of hydrogen-bond donors (Lipinski definition) is 4. The molecule has 166 valence electrons. The summed E-state index contributed by atoms with van der Waals surface area (Å²) in [5, 5.41) is 19.0. The van der Waals surface area contributed by atoms with Gasteiger partial charge in [-0.2, -0.15) is 5.10 Å². The van der Waals surface area contributed by atoms with Crippen LogP contribution in [0.3, 0.4) is 0 Å². The number of carbonyl (C=O) groups excluding carboxylic acids is 2. The third-order valence-electron chi connectivity index (χ3n) is 4.56. The fourth-order valence-electron chi connectivity index (χ4n) is 3.04. The number of phenols is 1. The van der Waals surface area contributed by atoms with Gasteiger partial charge in [0.15, 0.2) is 11.7 Å². The van der Waals surface area contributed by atoms with E-state index in [1.807, 2.05) is 30.3 Å². The van der Waals surface area contributed by atoms with E-state index in [0.717, 1.165) is 5.69 Å². The highest BCUT2D eigenvalue weighted by Crippen LogP contribution is 2.35. The first-order valence-electron chi connectivity index (χ1n) is 9.84. The molecule has 3 aromatic carbocycles. The molecule has 0 aromatic heterocycles. The number of amides is 3. The molecule has 1 heterocycles. The number of thiocarbonyl (C=S) groups is 1. The number of carbonyl (C=O) groups is 2. The van der Waals surface area contributed by atoms with Crippen molar-refractivity contribution in [2.45, 2.75) is 0 Å². The number of rotatable bonds is 4. The Morgan fingerprint density at radius 1 is 1.03 bits per heavy atom. The van der Waals surface area contributed by atoms with Gasteiger partial charge in [-0.25, -0.2) is 10.2 Å². The Kier molecular flexibility index (Phi) is 6.46. The average Bonchev–Trinajstić information content (AvgIpc) is 2.81. The zero-order chi connectivity index (χ0) is 23.2. The molecule has 0 unspecified atom stereocenters. The van der Waals surface area contributed by atoms with Crippen molar-refractivity contribution in [3.63, 3.8) is 0 Å². The van der Waals surface area contributed by atoms with Gasteiger partial charge in [0.25, 0.3) is 5.91 Å². The van der Waals surface area contributed by atoms with Crippen LogP contribution in [0.1, 0.15) is 5.56 Å². The van der Waals surface area contributed by atoms with Crippen molar-refractivity contribution in [3.05, 3.63) is 78.4 Å². The maximum absolute atomic E-state index is 12.5. The molecule has 3 amide bonds. The number of nitrogens with one attached hydrogen (secondary N) is 3. The Labute approximate surface area is 194 Å². The van der Waals surface area contributed by atoms with Crippen LogP contribution in [0.2, 0.25) is 0 Å². The highest BCUT2D eigenvalue weighted by atomic mass is 32.1. The first-order chi connectivity index (χ1) is 16.0. The summed E-state index contributed by atoms with van der Waals surface area (Å²) in [5.41, 5.74) is 4.74. The molecule has 1 aliphatic rings. The lowest BCUT2D eigenvalue weighted by Gasteiger charge is -2.30. The molecule has 9 nitrogen and oxygen atoms in total. The van der Waals surface area contributed by atoms with Gasteiger partial charge >= 0.3 is 6.03 Å². The Bertz CT molecular complexity index is 1220. The van der Waals surface area contributed by atoms with Crippen molar-refractivity contribution < 1.29 is 19.4 Å². The van der Waals surface area contributed by atoms with Gasteiger partial charge in [-0.05, 0) is 66.3 Å². The van der Waals surface area contributed by atoms with Crippen LogP contribution in [-0.4, -0.2) is 35.0 Å². The minimum absolute atomic E-state index is 0.143. The number of anilines is 3. The molecule has 0 fully saturated rings. The van der Waals surface area contributed by atoms with E-state index in [1.165, 1.54) is 23.2 Å². The molecular formula is C23H19N5O4S. The Morgan fingerprint density at radius 2 is 1.79 bits per heavy atom. The fourth-order valence-corrected chi connectivity index (χ4v) is 3.36. The largest absolute Gasteiger partial charge is 0.508 e. The summed E-state index contributed by atoms with van der Waals surface area (Å²) in [6.07, 6.45) is 1.44. The summed E-state index contributed by atoms with van der Waals surface area (Å²) in [5.74, 6) is 0.236. The maximum Gasteiger partial charge on any atom is 0.339 e. The molecular weight excluding hydrogens is 442 g/mol. The summed E-state index contributed by atoms with van der Waals surface area (Å²) in [4.78, 5) is 26.0. The number of phenolic OH excluding ortho intramolecular Hbond substituents is 1. The van der Waals surface area contributed by atoms with Crippen LogP contribution >= 0.6 is 12.2 Å². The van der Waals surface area contributed by atoms with Crippen molar-refractivity contribution in [3.8, 4) is 11.5 Å². The van der Waals surface area contributed by atoms with E-state index < -0.39 is 6.03 Å². The second-order valence-electron chi connectivity index (χ2n) is 6.91. The fraction of sp³-hybridized carbons (Fsp3) is 0.0435. The number of ether oxygens (including phenoxy) is 1. The molecule has 0 spiro atoms. The lowest BCUT2D eigenvalue weighted by Crippen LogP contribution is -2.45. The monoisotopic (exact) mass is 461 g/mol. The Hall–Kier alpha value is -4.44. The van der Waals surface area contributed by atoms with Crippen molar-refractivity contribution in [1.29, 1.82) is 0 Å². The number of fused-ring (bicyclic) bond motifs is 1. The number of urea groups is 1. The average molecular weight is 462 g/mol. The number of benzene rings is 3. The van der Waals surface area contributed by atoms with Gasteiger partial charge in [0.1, 0.15) is 11.5 Å². The predicted molar refractivity (Wildman–Crippen MR) is 130 cm³/mol. The molecule has 0 saturated heterocycles. The van der Waals surface area contributed by atoms with Gasteiger partial charge in [-0.3, -0.25) is 9.69 Å². The van der Waals surface area contributed by atoms with Gasteiger partial charge in [-0.15, -0.1) is 0 Å². The molecule has 0 radical (unpaired) electrons. The molecule has 0 atom stereocenters. The van der Waals surface area contributed by atoms with Crippen LogP contribution in [0.5, 0.6) is 11.5 Å². The predicted octanol–water partition coefficient (Wildman–Crippen LogP) is 3.67. The number of hydrogen-bond acceptors (Lipinski definition) is 6. The third kappa shape index (κ3) is 5.43. The molecule has 10 heteroatoms. The normalized spacial score (nSPS) is 12.6. The number of para-hydroxylation sites is 1. The Balaban J connectivity index is 1.41. The smallest absolute Gasteiger partial charge is 0.339 e. The summed E-state index contributed by atoms with van der Waals surface area (Å²) in [7, 11) is 0. The number of aromatic hydroxyl groups is 1. The van der Waals surface area contributed by atoms with Crippen LogP contribution in [0.25, 0.3) is 0 Å². The minimum Gasteiger partial charge on any atom is -0.508 e. The lowest BCUT2D eigenvalue weighted by atomic mass is 10.2. The maximum atomic E-state index is 12.5. The molecule has 0 aliphatic carbocycles. The van der Waals surface area contributed by atoms with Crippen LogP contribution < -0.4 is 25.7 Å². The zero-order valence-electron chi connectivity index (χ0n) is 17.2. The van der Waals surface area contributed by atoms with Crippen molar-refractivity contribution in [2.75, 3.05) is 22.1 Å². The van der Waals surface area contributed by atoms with Gasteiger partial charge < -0.3 is 20.5 Å². The van der Waals surface area contributed by atoms with Gasteiger partial charge in [0, 0.05) is 17.4 Å². The van der Waals surface area contributed by atoms with E-state index in [9.17, 15) is 14.7 Å². The molecule has 1 aliphatic heterocycles. The van der Waals surface area contributed by atoms with E-state index >= 15 is 0 Å². The summed E-state index contributed by atoms with van der Waals surface area (Å²) < 4.78 is 5.54. The van der Waals surface area contributed by atoms with Crippen molar-refractivity contribution in [1.82, 2.24) is 5.43 Å². The minimum atomic E-state index is -0.560. The van der Waals surface area contributed by atoms with Crippen LogP contribution in [-0.2, 0) is 4.79 Å². The van der Waals surface area contributed by atoms with E-state index in [2.05, 4.69) is 21.2 Å². The molecule has 4 N–H and O–H groups in total.